The SMILES string of the molecule is COC(=O)[C@@](NNc1ccccc1)(NC(=O)c1ccccc1F)C(F)(F)F. The number of hydrazine groups is 1. The Bertz CT molecular complexity index is 815. The first-order chi connectivity index (χ1) is 12.7. The molecule has 0 aliphatic carbocycles. The number of esters is 1. The summed E-state index contributed by atoms with van der Waals surface area (Å²) in [6.45, 7) is 0. The fourth-order valence-corrected chi connectivity index (χ4v) is 2.11. The third-order valence-corrected chi connectivity index (χ3v) is 3.50. The molecule has 1 atom stereocenters. The average molecular weight is 385 g/mol. The van der Waals surface area contributed by atoms with Crippen LogP contribution in [0.2, 0.25) is 0 Å². The van der Waals surface area contributed by atoms with Crippen LogP contribution in [-0.2, 0) is 9.53 Å². The maximum Gasteiger partial charge on any atom is 0.438 e. The molecule has 0 fully saturated rings. The minimum absolute atomic E-state index is 0.176. The molecule has 0 unspecified atom stereocenters. The summed E-state index contributed by atoms with van der Waals surface area (Å²) in [6.07, 6.45) is -5.33. The number of para-hydroxylation sites is 1. The Morgan fingerprint density at radius 2 is 1.56 bits per heavy atom. The fraction of sp³-hybridized carbons (Fsp3) is 0.176. The molecule has 2 aromatic rings. The largest absolute Gasteiger partial charge is 0.466 e. The van der Waals surface area contributed by atoms with Crippen molar-refractivity contribution in [2.75, 3.05) is 12.5 Å². The van der Waals surface area contributed by atoms with Crippen molar-refractivity contribution in [2.45, 2.75) is 11.8 Å². The zero-order chi connectivity index (χ0) is 20.1. The van der Waals surface area contributed by atoms with Gasteiger partial charge in [0.15, 0.2) is 0 Å². The van der Waals surface area contributed by atoms with Crippen LogP contribution in [0.25, 0.3) is 0 Å². The number of hydrogen-bond donors (Lipinski definition) is 3. The molecule has 0 bridgehead atoms. The molecule has 144 valence electrons. The Labute approximate surface area is 151 Å². The summed E-state index contributed by atoms with van der Waals surface area (Å²) in [5.41, 5.74) is -0.208. The normalized spacial score (nSPS) is 13.4. The number of benzene rings is 2. The van der Waals surface area contributed by atoms with Gasteiger partial charge in [-0.3, -0.25) is 4.79 Å². The number of anilines is 1. The quantitative estimate of drug-likeness (QED) is 0.308. The fourth-order valence-electron chi connectivity index (χ4n) is 2.11. The molecule has 2 rings (SSSR count). The Morgan fingerprint density at radius 3 is 2.11 bits per heavy atom. The molecule has 1 amide bonds. The van der Waals surface area contributed by atoms with Crippen LogP contribution < -0.4 is 16.2 Å². The Balaban J connectivity index is 2.40. The van der Waals surface area contributed by atoms with Gasteiger partial charge in [0.05, 0.1) is 12.7 Å². The van der Waals surface area contributed by atoms with Crippen LogP contribution in [-0.4, -0.2) is 30.8 Å². The summed E-state index contributed by atoms with van der Waals surface area (Å²) >= 11 is 0. The molecule has 0 spiro atoms. The summed E-state index contributed by atoms with van der Waals surface area (Å²) in [6, 6.07) is 12.0. The van der Waals surface area contributed by atoms with E-state index in [0.717, 1.165) is 19.2 Å². The van der Waals surface area contributed by atoms with Crippen LogP contribution in [0.1, 0.15) is 10.4 Å². The molecule has 0 saturated carbocycles. The summed E-state index contributed by atoms with van der Waals surface area (Å²) in [4.78, 5) is 24.2. The van der Waals surface area contributed by atoms with Crippen LogP contribution in [0.3, 0.4) is 0 Å². The lowest BCUT2D eigenvalue weighted by Crippen LogP contribution is -2.73. The highest BCUT2D eigenvalue weighted by Crippen LogP contribution is 2.30. The summed E-state index contributed by atoms with van der Waals surface area (Å²) in [7, 11) is 0.724. The Hall–Kier alpha value is -3.14. The van der Waals surface area contributed by atoms with E-state index < -0.39 is 35.1 Å². The lowest BCUT2D eigenvalue weighted by molar-refractivity contribution is -0.215. The van der Waals surface area contributed by atoms with Crippen LogP contribution in [0.4, 0.5) is 23.2 Å². The number of ether oxygens (including phenoxy) is 1. The van der Waals surface area contributed by atoms with E-state index in [9.17, 15) is 27.2 Å². The molecule has 10 heteroatoms. The Morgan fingerprint density at radius 1 is 0.963 bits per heavy atom. The average Bonchev–Trinajstić information content (AvgIpc) is 2.64. The van der Waals surface area contributed by atoms with E-state index in [4.69, 9.17) is 0 Å². The van der Waals surface area contributed by atoms with Crippen molar-refractivity contribution in [1.29, 1.82) is 0 Å². The number of nitrogens with one attached hydrogen (secondary N) is 3. The second-order valence-corrected chi connectivity index (χ2v) is 5.29. The van der Waals surface area contributed by atoms with Crippen molar-refractivity contribution in [3.05, 3.63) is 66.0 Å². The van der Waals surface area contributed by atoms with Crippen molar-refractivity contribution in [3.8, 4) is 0 Å². The first kappa shape index (κ1) is 20.2. The highest BCUT2D eigenvalue weighted by Gasteiger charge is 2.63. The molecule has 0 saturated heterocycles. The van der Waals surface area contributed by atoms with Gasteiger partial charge in [-0.05, 0) is 24.3 Å². The van der Waals surface area contributed by atoms with E-state index in [1.807, 2.05) is 0 Å². The van der Waals surface area contributed by atoms with E-state index in [2.05, 4.69) is 10.2 Å². The number of amides is 1. The van der Waals surface area contributed by atoms with Crippen LogP contribution in [0.5, 0.6) is 0 Å². The predicted octanol–water partition coefficient (Wildman–Crippen LogP) is 2.60. The third-order valence-electron chi connectivity index (χ3n) is 3.50. The number of carbonyl (C=O) groups is 2. The van der Waals surface area contributed by atoms with Gasteiger partial charge in [-0.1, -0.05) is 30.3 Å². The van der Waals surface area contributed by atoms with E-state index in [1.54, 1.807) is 11.5 Å². The molecule has 0 radical (unpaired) electrons. The molecule has 3 N–H and O–H groups in total. The highest BCUT2D eigenvalue weighted by atomic mass is 19.4. The molecule has 0 aliphatic rings. The molecule has 0 aliphatic heterocycles. The molecule has 2 aromatic carbocycles. The van der Waals surface area contributed by atoms with Crippen LogP contribution >= 0.6 is 0 Å². The van der Waals surface area contributed by atoms with Gasteiger partial charge in [-0.15, -0.1) is 0 Å². The van der Waals surface area contributed by atoms with Gasteiger partial charge in [-0.25, -0.2) is 9.18 Å². The maximum absolute atomic E-state index is 13.8. The maximum atomic E-state index is 13.8. The highest BCUT2D eigenvalue weighted by molar-refractivity contribution is 5.98. The molecule has 27 heavy (non-hydrogen) atoms. The van der Waals surface area contributed by atoms with E-state index in [0.29, 0.717) is 0 Å². The van der Waals surface area contributed by atoms with Gasteiger partial charge in [0.1, 0.15) is 5.82 Å². The summed E-state index contributed by atoms with van der Waals surface area (Å²) in [5.74, 6) is -4.35. The Kier molecular flexibility index (Phi) is 6.01. The number of halogens is 4. The standard InChI is InChI=1S/C17H15F4N3O3/c1-27-15(26)16(17(19,20)21,24-23-11-7-3-2-4-8-11)22-14(25)12-9-5-6-10-13(12)18/h2-10,23-24H,1H3,(H,22,25)/t16-/m0/s1. The molecular formula is C17H15F4N3O3. The summed E-state index contributed by atoms with van der Waals surface area (Å²) in [5, 5.41) is 1.50. The minimum atomic E-state index is -5.33. The van der Waals surface area contributed by atoms with Crippen molar-refractivity contribution in [1.82, 2.24) is 10.7 Å². The van der Waals surface area contributed by atoms with Gasteiger partial charge in [-0.2, -0.15) is 18.6 Å². The minimum Gasteiger partial charge on any atom is -0.466 e. The van der Waals surface area contributed by atoms with Crippen molar-refractivity contribution < 1.29 is 31.9 Å². The van der Waals surface area contributed by atoms with E-state index >= 15 is 0 Å². The number of alkyl halides is 3. The molecule has 0 heterocycles. The first-order valence-corrected chi connectivity index (χ1v) is 7.51. The third kappa shape index (κ3) is 4.34. The first-order valence-electron chi connectivity index (χ1n) is 7.51. The lowest BCUT2D eigenvalue weighted by atomic mass is 10.1. The second-order valence-electron chi connectivity index (χ2n) is 5.29. The van der Waals surface area contributed by atoms with Crippen molar-refractivity contribution in [2.24, 2.45) is 0 Å². The van der Waals surface area contributed by atoms with Crippen molar-refractivity contribution >= 4 is 17.6 Å². The summed E-state index contributed by atoms with van der Waals surface area (Å²) < 4.78 is 59.3. The van der Waals surface area contributed by atoms with Gasteiger partial charge < -0.3 is 15.5 Å². The van der Waals surface area contributed by atoms with Gasteiger partial charge in [0.2, 0.25) is 0 Å². The zero-order valence-electron chi connectivity index (χ0n) is 13.9. The lowest BCUT2D eigenvalue weighted by Gasteiger charge is -2.34. The van der Waals surface area contributed by atoms with Crippen molar-refractivity contribution in [3.63, 3.8) is 0 Å². The van der Waals surface area contributed by atoms with Gasteiger partial charge in [0.25, 0.3) is 5.91 Å². The topological polar surface area (TPSA) is 79.5 Å². The number of carbonyl (C=O) groups excluding carboxylic acids is 2. The molecule has 0 aromatic heterocycles. The van der Waals surface area contributed by atoms with E-state index in [-0.39, 0.29) is 5.69 Å². The van der Waals surface area contributed by atoms with Gasteiger partial charge in [0, 0.05) is 5.69 Å². The smallest absolute Gasteiger partial charge is 0.438 e. The molecule has 6 nitrogen and oxygen atoms in total. The monoisotopic (exact) mass is 385 g/mol. The van der Waals surface area contributed by atoms with Crippen LogP contribution in [0, 0.1) is 5.82 Å². The number of hydrogen-bond acceptors (Lipinski definition) is 5. The predicted molar refractivity (Wildman–Crippen MR) is 87.9 cm³/mol. The molecular weight excluding hydrogens is 370 g/mol. The van der Waals surface area contributed by atoms with E-state index in [1.165, 1.54) is 41.7 Å². The number of methoxy groups -OCH3 is 1. The zero-order valence-corrected chi connectivity index (χ0v) is 13.9. The second kappa shape index (κ2) is 8.04. The number of rotatable bonds is 6. The van der Waals surface area contributed by atoms with Gasteiger partial charge >= 0.3 is 17.8 Å². The van der Waals surface area contributed by atoms with Crippen LogP contribution in [0.15, 0.2) is 54.6 Å².